The van der Waals surface area contributed by atoms with E-state index in [9.17, 15) is 9.90 Å². The lowest BCUT2D eigenvalue weighted by atomic mass is 9.86. The molecule has 2 N–H and O–H groups in total. The normalized spacial score (nSPS) is 12.1. The number of nitrogens with zero attached hydrogens (tertiary/aromatic N) is 1. The van der Waals surface area contributed by atoms with E-state index in [1.54, 1.807) is 12.1 Å². The molecule has 2 aromatic carbocycles. The van der Waals surface area contributed by atoms with Crippen LogP contribution in [0.3, 0.4) is 0 Å². The first kappa shape index (κ1) is 16.7. The Morgan fingerprint density at radius 1 is 0.957 bits per heavy atom. The number of amides is 1. The second-order valence-electron chi connectivity index (χ2n) is 6.51. The fraction of sp³-hybridized carbons (Fsp3) is 0.263. The van der Waals surface area contributed by atoms with Gasteiger partial charge in [-0.15, -0.1) is 0 Å². The van der Waals surface area contributed by atoms with Gasteiger partial charge in [-0.05, 0) is 47.7 Å². The van der Waals surface area contributed by atoms with Crippen molar-refractivity contribution < 1.29 is 9.90 Å². The number of carbonyl (C=O) groups excluding carboxylic acids is 1. The molecule has 0 bridgehead atoms. The van der Waals surface area contributed by atoms with E-state index in [-0.39, 0.29) is 17.1 Å². The zero-order valence-electron chi connectivity index (χ0n) is 13.9. The predicted molar refractivity (Wildman–Crippen MR) is 92.9 cm³/mol. The van der Waals surface area contributed by atoms with Crippen LogP contribution >= 0.6 is 0 Å². The van der Waals surface area contributed by atoms with E-state index in [4.69, 9.17) is 0 Å². The molecule has 0 spiro atoms. The molecule has 0 fully saturated rings. The fourth-order valence-corrected chi connectivity index (χ4v) is 2.09. The van der Waals surface area contributed by atoms with Gasteiger partial charge in [0.25, 0.3) is 5.91 Å². The quantitative estimate of drug-likeness (QED) is 0.668. The number of nitrogens with one attached hydrogen (secondary N) is 1. The summed E-state index contributed by atoms with van der Waals surface area (Å²) in [4.78, 5) is 12.0. The van der Waals surface area contributed by atoms with Crippen molar-refractivity contribution in [2.75, 3.05) is 0 Å². The molecule has 2 rings (SSSR count). The van der Waals surface area contributed by atoms with Gasteiger partial charge in [0, 0.05) is 5.56 Å². The molecule has 23 heavy (non-hydrogen) atoms. The SMILES string of the molecule is C/C(=N\NC(=O)c1ccc(O)cc1)c1ccc(C(C)(C)C)cc1. The molecule has 0 aromatic heterocycles. The monoisotopic (exact) mass is 310 g/mol. The number of phenols is 1. The molecule has 0 aliphatic heterocycles. The summed E-state index contributed by atoms with van der Waals surface area (Å²) in [6, 6.07) is 14.2. The van der Waals surface area contributed by atoms with Crippen LogP contribution in [-0.4, -0.2) is 16.7 Å². The summed E-state index contributed by atoms with van der Waals surface area (Å²) in [6.07, 6.45) is 0. The van der Waals surface area contributed by atoms with Crippen LogP contribution in [0.1, 0.15) is 49.2 Å². The fourth-order valence-electron chi connectivity index (χ4n) is 2.09. The van der Waals surface area contributed by atoms with Gasteiger partial charge in [0.1, 0.15) is 5.75 Å². The lowest BCUT2D eigenvalue weighted by molar-refractivity contribution is 0.0955. The number of carbonyl (C=O) groups is 1. The van der Waals surface area contributed by atoms with Crippen molar-refractivity contribution in [3.63, 3.8) is 0 Å². The molecule has 0 aliphatic carbocycles. The maximum atomic E-state index is 12.0. The van der Waals surface area contributed by atoms with Crippen LogP contribution in [0.5, 0.6) is 5.75 Å². The summed E-state index contributed by atoms with van der Waals surface area (Å²) in [5, 5.41) is 13.4. The van der Waals surface area contributed by atoms with Crippen LogP contribution in [-0.2, 0) is 5.41 Å². The van der Waals surface area contributed by atoms with E-state index in [1.807, 2.05) is 19.1 Å². The maximum Gasteiger partial charge on any atom is 0.271 e. The Kier molecular flexibility index (Phi) is 4.84. The predicted octanol–water partition coefficient (Wildman–Crippen LogP) is 3.84. The van der Waals surface area contributed by atoms with E-state index >= 15 is 0 Å². The van der Waals surface area contributed by atoms with Crippen molar-refractivity contribution in [1.82, 2.24) is 5.43 Å². The molecule has 0 atom stereocenters. The second kappa shape index (κ2) is 6.65. The Labute approximate surface area is 136 Å². The van der Waals surface area contributed by atoms with Crippen molar-refractivity contribution in [2.24, 2.45) is 5.10 Å². The third kappa shape index (κ3) is 4.42. The first-order valence-corrected chi connectivity index (χ1v) is 7.52. The smallest absolute Gasteiger partial charge is 0.271 e. The van der Waals surface area contributed by atoms with Crippen molar-refractivity contribution in [1.29, 1.82) is 0 Å². The highest BCUT2D eigenvalue weighted by atomic mass is 16.3. The first-order valence-electron chi connectivity index (χ1n) is 7.52. The molecule has 4 nitrogen and oxygen atoms in total. The maximum absolute atomic E-state index is 12.0. The van der Waals surface area contributed by atoms with Gasteiger partial charge in [0.15, 0.2) is 0 Å². The van der Waals surface area contributed by atoms with Crippen LogP contribution in [0.15, 0.2) is 53.6 Å². The van der Waals surface area contributed by atoms with Crippen LogP contribution in [0, 0.1) is 0 Å². The van der Waals surface area contributed by atoms with Crippen molar-refractivity contribution in [3.05, 3.63) is 65.2 Å². The number of hydrogen-bond donors (Lipinski definition) is 2. The number of aromatic hydroxyl groups is 1. The Hall–Kier alpha value is -2.62. The number of phenolic OH excluding ortho intramolecular Hbond substituents is 1. The van der Waals surface area contributed by atoms with E-state index in [0.29, 0.717) is 5.56 Å². The molecular weight excluding hydrogens is 288 g/mol. The molecule has 2 aromatic rings. The van der Waals surface area contributed by atoms with Gasteiger partial charge in [0.2, 0.25) is 0 Å². The zero-order chi connectivity index (χ0) is 17.0. The average Bonchev–Trinajstić information content (AvgIpc) is 2.52. The Bertz CT molecular complexity index is 709. The highest BCUT2D eigenvalue weighted by molar-refractivity contribution is 6.00. The molecule has 0 saturated carbocycles. The van der Waals surface area contributed by atoms with Gasteiger partial charge < -0.3 is 5.11 Å². The molecule has 0 heterocycles. The van der Waals surface area contributed by atoms with Gasteiger partial charge in [0.05, 0.1) is 5.71 Å². The Morgan fingerprint density at radius 2 is 1.48 bits per heavy atom. The lowest BCUT2D eigenvalue weighted by Crippen LogP contribution is -2.19. The number of benzene rings is 2. The summed E-state index contributed by atoms with van der Waals surface area (Å²) >= 11 is 0. The first-order chi connectivity index (χ1) is 10.8. The van der Waals surface area contributed by atoms with Crippen LogP contribution in [0.25, 0.3) is 0 Å². The summed E-state index contributed by atoms with van der Waals surface area (Å²) in [7, 11) is 0. The van der Waals surface area contributed by atoms with Crippen molar-refractivity contribution in [3.8, 4) is 5.75 Å². The van der Waals surface area contributed by atoms with E-state index in [1.165, 1.54) is 17.7 Å². The van der Waals surface area contributed by atoms with Crippen LogP contribution in [0.2, 0.25) is 0 Å². The van der Waals surface area contributed by atoms with Gasteiger partial charge >= 0.3 is 0 Å². The highest BCUT2D eigenvalue weighted by Gasteiger charge is 2.13. The minimum Gasteiger partial charge on any atom is -0.508 e. The van der Waals surface area contributed by atoms with E-state index in [0.717, 1.165) is 11.3 Å². The molecule has 120 valence electrons. The van der Waals surface area contributed by atoms with Crippen molar-refractivity contribution in [2.45, 2.75) is 33.1 Å². The summed E-state index contributed by atoms with van der Waals surface area (Å²) in [5.41, 5.74) is 6.03. The third-order valence-electron chi connectivity index (χ3n) is 3.62. The molecule has 1 amide bonds. The van der Waals surface area contributed by atoms with Gasteiger partial charge in [-0.2, -0.15) is 5.10 Å². The Balaban J connectivity index is 2.07. The molecule has 0 saturated heterocycles. The average molecular weight is 310 g/mol. The summed E-state index contributed by atoms with van der Waals surface area (Å²) in [5.74, 6) is -0.184. The van der Waals surface area contributed by atoms with Crippen molar-refractivity contribution >= 4 is 11.6 Å². The van der Waals surface area contributed by atoms with E-state index in [2.05, 4.69) is 43.4 Å². The number of hydrazone groups is 1. The molecule has 4 heteroatoms. The zero-order valence-corrected chi connectivity index (χ0v) is 13.9. The van der Waals surface area contributed by atoms with Gasteiger partial charge in [-0.25, -0.2) is 5.43 Å². The summed E-state index contributed by atoms with van der Waals surface area (Å²) in [6.45, 7) is 8.35. The molecular formula is C19H22N2O2. The van der Waals surface area contributed by atoms with Crippen LogP contribution < -0.4 is 5.43 Å². The lowest BCUT2D eigenvalue weighted by Gasteiger charge is -2.19. The molecule has 0 aliphatic rings. The standard InChI is InChI=1S/C19H22N2O2/c1-13(14-5-9-16(10-6-14)19(2,3)4)20-21-18(23)15-7-11-17(22)12-8-15/h5-12,22H,1-4H3,(H,21,23)/b20-13+. The summed E-state index contributed by atoms with van der Waals surface area (Å²) < 4.78 is 0. The highest BCUT2D eigenvalue weighted by Crippen LogP contribution is 2.22. The second-order valence-corrected chi connectivity index (χ2v) is 6.51. The van der Waals surface area contributed by atoms with E-state index < -0.39 is 0 Å². The van der Waals surface area contributed by atoms with Gasteiger partial charge in [-0.1, -0.05) is 45.0 Å². The minimum absolute atomic E-state index is 0.108. The number of hydrogen-bond acceptors (Lipinski definition) is 3. The Morgan fingerprint density at radius 3 is 2.00 bits per heavy atom. The van der Waals surface area contributed by atoms with Gasteiger partial charge in [-0.3, -0.25) is 4.79 Å². The molecule has 0 radical (unpaired) electrons. The topological polar surface area (TPSA) is 61.7 Å². The molecule has 0 unspecified atom stereocenters. The number of rotatable bonds is 3. The third-order valence-corrected chi connectivity index (χ3v) is 3.62. The van der Waals surface area contributed by atoms with Crippen LogP contribution in [0.4, 0.5) is 0 Å². The largest absolute Gasteiger partial charge is 0.508 e. The minimum atomic E-state index is -0.310.